The van der Waals surface area contributed by atoms with E-state index in [1.165, 1.54) is 5.56 Å². The molecule has 0 spiro atoms. The van der Waals surface area contributed by atoms with E-state index in [0.717, 1.165) is 29.2 Å². The van der Waals surface area contributed by atoms with E-state index in [1.54, 1.807) is 0 Å². The van der Waals surface area contributed by atoms with Gasteiger partial charge in [0.15, 0.2) is 22.3 Å². The Morgan fingerprint density at radius 1 is 1.28 bits per heavy atom. The summed E-state index contributed by atoms with van der Waals surface area (Å²) in [6.45, 7) is 6.79. The molecule has 2 bridgehead atoms. The SMILES string of the molecule is CCOc1cccc2c1O[C@]1(C)C[C@@H]2NC(=S)N1c1ccccc1C. The number of rotatable bonds is 3. The second kappa shape index (κ2) is 5.92. The zero-order chi connectivity index (χ0) is 17.6. The predicted molar refractivity (Wildman–Crippen MR) is 103 cm³/mol. The van der Waals surface area contributed by atoms with Gasteiger partial charge in [-0.2, -0.15) is 0 Å². The molecule has 1 saturated heterocycles. The zero-order valence-electron chi connectivity index (χ0n) is 14.7. The maximum absolute atomic E-state index is 6.54. The minimum atomic E-state index is -0.556. The highest BCUT2D eigenvalue weighted by Crippen LogP contribution is 2.49. The number of hydrogen-bond acceptors (Lipinski definition) is 3. The number of ether oxygens (including phenoxy) is 2. The van der Waals surface area contributed by atoms with Crippen LogP contribution in [0, 0.1) is 6.92 Å². The molecule has 0 radical (unpaired) electrons. The normalized spacial score (nSPS) is 24.2. The van der Waals surface area contributed by atoms with Crippen LogP contribution >= 0.6 is 12.2 Å². The first-order valence-corrected chi connectivity index (χ1v) is 9.05. The molecule has 0 saturated carbocycles. The third kappa shape index (κ3) is 2.54. The van der Waals surface area contributed by atoms with Gasteiger partial charge in [0.05, 0.1) is 12.6 Å². The average Bonchev–Trinajstić information content (AvgIpc) is 2.57. The number of nitrogens with zero attached hydrogens (tertiary/aromatic N) is 1. The van der Waals surface area contributed by atoms with Crippen LogP contribution in [0.5, 0.6) is 11.5 Å². The number of hydrogen-bond donors (Lipinski definition) is 1. The maximum atomic E-state index is 6.54. The Labute approximate surface area is 153 Å². The van der Waals surface area contributed by atoms with E-state index in [2.05, 4.69) is 42.3 Å². The third-order valence-electron chi connectivity index (χ3n) is 4.92. The van der Waals surface area contributed by atoms with E-state index in [9.17, 15) is 0 Å². The average molecular weight is 354 g/mol. The molecule has 0 aliphatic carbocycles. The van der Waals surface area contributed by atoms with Crippen molar-refractivity contribution >= 4 is 23.0 Å². The molecule has 1 N–H and O–H groups in total. The van der Waals surface area contributed by atoms with E-state index in [4.69, 9.17) is 21.7 Å². The van der Waals surface area contributed by atoms with Crippen LogP contribution < -0.4 is 19.7 Å². The molecule has 2 aromatic carbocycles. The minimum absolute atomic E-state index is 0.127. The number of para-hydroxylation sites is 2. The van der Waals surface area contributed by atoms with Gasteiger partial charge in [0.2, 0.25) is 0 Å². The smallest absolute Gasteiger partial charge is 0.188 e. The fraction of sp³-hybridized carbons (Fsp3) is 0.350. The lowest BCUT2D eigenvalue weighted by atomic mass is 9.89. The lowest BCUT2D eigenvalue weighted by Crippen LogP contribution is -2.65. The number of anilines is 1. The van der Waals surface area contributed by atoms with Crippen molar-refractivity contribution in [1.29, 1.82) is 0 Å². The molecule has 1 fully saturated rings. The Morgan fingerprint density at radius 2 is 2.08 bits per heavy atom. The highest BCUT2D eigenvalue weighted by atomic mass is 32.1. The third-order valence-corrected chi connectivity index (χ3v) is 5.22. The summed E-state index contributed by atoms with van der Waals surface area (Å²) in [6, 6.07) is 14.4. The molecule has 2 heterocycles. The summed E-state index contributed by atoms with van der Waals surface area (Å²) >= 11 is 5.71. The van der Waals surface area contributed by atoms with Crippen molar-refractivity contribution in [3.8, 4) is 11.5 Å². The quantitative estimate of drug-likeness (QED) is 0.830. The van der Waals surface area contributed by atoms with Gasteiger partial charge in [-0.05, 0) is 50.7 Å². The molecule has 4 rings (SSSR count). The van der Waals surface area contributed by atoms with Crippen LogP contribution in [0.3, 0.4) is 0 Å². The number of aryl methyl sites for hydroxylation is 1. The van der Waals surface area contributed by atoms with E-state index < -0.39 is 5.72 Å². The van der Waals surface area contributed by atoms with E-state index >= 15 is 0 Å². The fourth-order valence-corrected chi connectivity index (χ4v) is 4.24. The van der Waals surface area contributed by atoms with Crippen molar-refractivity contribution in [3.63, 3.8) is 0 Å². The molecule has 4 nitrogen and oxygen atoms in total. The summed E-state index contributed by atoms with van der Waals surface area (Å²) in [5, 5.41) is 4.19. The lowest BCUT2D eigenvalue weighted by Gasteiger charge is -2.52. The van der Waals surface area contributed by atoms with E-state index in [1.807, 2.05) is 31.2 Å². The number of benzene rings is 2. The van der Waals surface area contributed by atoms with Gasteiger partial charge in [0.25, 0.3) is 0 Å². The van der Waals surface area contributed by atoms with Crippen molar-refractivity contribution in [3.05, 3.63) is 53.6 Å². The van der Waals surface area contributed by atoms with Crippen molar-refractivity contribution in [1.82, 2.24) is 5.32 Å². The molecule has 2 aromatic rings. The molecule has 130 valence electrons. The van der Waals surface area contributed by atoms with Crippen molar-refractivity contribution in [2.24, 2.45) is 0 Å². The van der Waals surface area contributed by atoms with Gasteiger partial charge in [-0.15, -0.1) is 0 Å². The highest BCUT2D eigenvalue weighted by Gasteiger charge is 2.49. The Bertz CT molecular complexity index is 838. The molecular weight excluding hydrogens is 332 g/mol. The van der Waals surface area contributed by atoms with Crippen LogP contribution in [0.15, 0.2) is 42.5 Å². The lowest BCUT2D eigenvalue weighted by molar-refractivity contribution is 0.0456. The molecule has 2 atom stereocenters. The summed E-state index contributed by atoms with van der Waals surface area (Å²) < 4.78 is 12.3. The Morgan fingerprint density at radius 3 is 2.84 bits per heavy atom. The van der Waals surface area contributed by atoms with Crippen LogP contribution in [0.25, 0.3) is 0 Å². The number of fused-ring (bicyclic) bond motifs is 4. The van der Waals surface area contributed by atoms with Crippen molar-refractivity contribution in [2.75, 3.05) is 11.5 Å². The molecule has 2 aliphatic rings. The Balaban J connectivity index is 1.82. The molecule has 0 aromatic heterocycles. The summed E-state index contributed by atoms with van der Waals surface area (Å²) in [6.07, 6.45) is 0.810. The van der Waals surface area contributed by atoms with Crippen LogP contribution in [0.1, 0.15) is 37.4 Å². The van der Waals surface area contributed by atoms with E-state index in [-0.39, 0.29) is 6.04 Å². The predicted octanol–water partition coefficient (Wildman–Crippen LogP) is 4.33. The Kier molecular flexibility index (Phi) is 3.84. The zero-order valence-corrected chi connectivity index (χ0v) is 15.5. The number of nitrogens with one attached hydrogen (secondary N) is 1. The molecule has 0 unspecified atom stereocenters. The van der Waals surface area contributed by atoms with E-state index in [0.29, 0.717) is 11.7 Å². The van der Waals surface area contributed by atoms with Crippen LogP contribution in [-0.4, -0.2) is 17.4 Å². The first-order chi connectivity index (χ1) is 12.0. The summed E-state index contributed by atoms with van der Waals surface area (Å²) in [7, 11) is 0. The van der Waals surface area contributed by atoms with Gasteiger partial charge in [0, 0.05) is 17.7 Å². The maximum Gasteiger partial charge on any atom is 0.188 e. The summed E-state index contributed by atoms with van der Waals surface area (Å²) in [5.41, 5.74) is 2.78. The van der Waals surface area contributed by atoms with Crippen LogP contribution in [0.4, 0.5) is 5.69 Å². The van der Waals surface area contributed by atoms with Gasteiger partial charge in [-0.1, -0.05) is 30.3 Å². The van der Waals surface area contributed by atoms with Crippen molar-refractivity contribution < 1.29 is 9.47 Å². The molecule has 25 heavy (non-hydrogen) atoms. The molecular formula is C20H22N2O2S. The second-order valence-corrected chi connectivity index (χ2v) is 7.10. The van der Waals surface area contributed by atoms with Gasteiger partial charge < -0.3 is 14.8 Å². The summed E-state index contributed by atoms with van der Waals surface area (Å²) in [5.74, 6) is 1.60. The van der Waals surface area contributed by atoms with Crippen molar-refractivity contribution in [2.45, 2.75) is 39.0 Å². The highest BCUT2D eigenvalue weighted by molar-refractivity contribution is 7.80. The van der Waals surface area contributed by atoms with Gasteiger partial charge in [-0.25, -0.2) is 0 Å². The Hall–Kier alpha value is -2.27. The first kappa shape index (κ1) is 16.2. The largest absolute Gasteiger partial charge is 0.490 e. The van der Waals surface area contributed by atoms with Gasteiger partial charge in [-0.3, -0.25) is 4.90 Å². The standard InChI is InChI=1S/C20H22N2O2S/c1-4-23-17-11-7-9-14-15-12-20(3,24-18(14)17)22(19(25)21-15)16-10-6-5-8-13(16)2/h5-11,15H,4,12H2,1-3H3,(H,21,25)/t15-,20+/m0/s1. The second-order valence-electron chi connectivity index (χ2n) is 6.71. The number of thiocarbonyl (C=S) groups is 1. The van der Waals surface area contributed by atoms with Crippen LogP contribution in [0.2, 0.25) is 0 Å². The van der Waals surface area contributed by atoms with Crippen LogP contribution in [-0.2, 0) is 0 Å². The monoisotopic (exact) mass is 354 g/mol. The van der Waals surface area contributed by atoms with Gasteiger partial charge in [0.1, 0.15) is 0 Å². The molecule has 5 heteroatoms. The first-order valence-electron chi connectivity index (χ1n) is 8.64. The fourth-order valence-electron chi connectivity index (χ4n) is 3.81. The van der Waals surface area contributed by atoms with Gasteiger partial charge >= 0.3 is 0 Å². The minimum Gasteiger partial charge on any atom is -0.490 e. The molecule has 2 aliphatic heterocycles. The topological polar surface area (TPSA) is 33.7 Å². The molecule has 0 amide bonds. The summed E-state index contributed by atoms with van der Waals surface area (Å²) in [4.78, 5) is 2.10.